The minimum Gasteiger partial charge on any atom is -0.316 e. The zero-order chi connectivity index (χ0) is 14.5. The Bertz CT molecular complexity index is 372. The SMILES string of the molecule is CC(C)CNCC1CCN(C(c2cccs2)C(C)C)C1. The van der Waals surface area contributed by atoms with E-state index in [0.717, 1.165) is 18.4 Å². The summed E-state index contributed by atoms with van der Waals surface area (Å²) in [5, 5.41) is 5.84. The third kappa shape index (κ3) is 4.31. The summed E-state index contributed by atoms with van der Waals surface area (Å²) < 4.78 is 0. The molecule has 0 aromatic carbocycles. The van der Waals surface area contributed by atoms with Crippen LogP contribution in [0.1, 0.15) is 45.0 Å². The monoisotopic (exact) mass is 294 g/mol. The third-order valence-corrected chi connectivity index (χ3v) is 5.11. The molecular formula is C17H30N2S. The highest BCUT2D eigenvalue weighted by Gasteiger charge is 2.31. The van der Waals surface area contributed by atoms with E-state index in [1.165, 1.54) is 30.9 Å². The van der Waals surface area contributed by atoms with E-state index >= 15 is 0 Å². The third-order valence-electron chi connectivity index (χ3n) is 4.16. The van der Waals surface area contributed by atoms with E-state index < -0.39 is 0 Å². The van der Waals surface area contributed by atoms with Crippen molar-refractivity contribution in [3.05, 3.63) is 22.4 Å². The molecule has 1 N–H and O–H groups in total. The van der Waals surface area contributed by atoms with Crippen LogP contribution in [-0.2, 0) is 0 Å². The van der Waals surface area contributed by atoms with E-state index in [1.807, 2.05) is 11.3 Å². The minimum absolute atomic E-state index is 0.616. The van der Waals surface area contributed by atoms with Crippen molar-refractivity contribution in [1.29, 1.82) is 0 Å². The first-order valence-corrected chi connectivity index (χ1v) is 8.94. The summed E-state index contributed by atoms with van der Waals surface area (Å²) >= 11 is 1.91. The molecule has 2 nitrogen and oxygen atoms in total. The molecule has 1 aliphatic rings. The first-order valence-electron chi connectivity index (χ1n) is 8.06. The second kappa shape index (κ2) is 7.58. The van der Waals surface area contributed by atoms with Crippen LogP contribution in [0.3, 0.4) is 0 Å². The van der Waals surface area contributed by atoms with Gasteiger partial charge in [0.05, 0.1) is 0 Å². The van der Waals surface area contributed by atoms with Gasteiger partial charge < -0.3 is 5.32 Å². The molecule has 3 heteroatoms. The Hall–Kier alpha value is -0.380. The van der Waals surface area contributed by atoms with E-state index in [0.29, 0.717) is 12.0 Å². The predicted molar refractivity (Wildman–Crippen MR) is 89.3 cm³/mol. The summed E-state index contributed by atoms with van der Waals surface area (Å²) in [6.45, 7) is 14.1. The van der Waals surface area contributed by atoms with Gasteiger partial charge in [0.2, 0.25) is 0 Å². The number of hydrogen-bond donors (Lipinski definition) is 1. The summed E-state index contributed by atoms with van der Waals surface area (Å²) in [5.74, 6) is 2.27. The van der Waals surface area contributed by atoms with Crippen LogP contribution in [-0.4, -0.2) is 31.1 Å². The average molecular weight is 295 g/mol. The molecule has 0 aliphatic carbocycles. The van der Waals surface area contributed by atoms with Crippen molar-refractivity contribution in [2.24, 2.45) is 17.8 Å². The van der Waals surface area contributed by atoms with Crippen LogP contribution in [0.25, 0.3) is 0 Å². The Morgan fingerprint density at radius 3 is 2.75 bits per heavy atom. The molecule has 2 rings (SSSR count). The van der Waals surface area contributed by atoms with Crippen LogP contribution in [0.15, 0.2) is 17.5 Å². The molecule has 0 saturated carbocycles. The fourth-order valence-electron chi connectivity index (χ4n) is 3.25. The van der Waals surface area contributed by atoms with E-state index in [-0.39, 0.29) is 0 Å². The Labute approximate surface area is 128 Å². The topological polar surface area (TPSA) is 15.3 Å². The van der Waals surface area contributed by atoms with Gasteiger partial charge in [-0.25, -0.2) is 0 Å². The molecule has 1 fully saturated rings. The van der Waals surface area contributed by atoms with E-state index in [1.54, 1.807) is 0 Å². The van der Waals surface area contributed by atoms with Crippen LogP contribution < -0.4 is 5.32 Å². The van der Waals surface area contributed by atoms with Crippen LogP contribution in [0.2, 0.25) is 0 Å². The van der Waals surface area contributed by atoms with Crippen molar-refractivity contribution in [2.45, 2.75) is 40.2 Å². The normalized spacial score (nSPS) is 22.0. The Morgan fingerprint density at radius 2 is 2.15 bits per heavy atom. The first-order chi connectivity index (χ1) is 9.58. The fraction of sp³-hybridized carbons (Fsp3) is 0.765. The van der Waals surface area contributed by atoms with E-state index in [2.05, 4.69) is 55.4 Å². The van der Waals surface area contributed by atoms with E-state index in [9.17, 15) is 0 Å². The predicted octanol–water partition coefficient (Wildman–Crippen LogP) is 4.01. The zero-order valence-electron chi connectivity index (χ0n) is 13.4. The zero-order valence-corrected chi connectivity index (χ0v) is 14.2. The van der Waals surface area contributed by atoms with Gasteiger partial charge in [0.25, 0.3) is 0 Å². The van der Waals surface area contributed by atoms with Crippen LogP contribution >= 0.6 is 11.3 Å². The molecule has 0 bridgehead atoms. The maximum absolute atomic E-state index is 3.63. The lowest BCUT2D eigenvalue weighted by Crippen LogP contribution is -2.32. The Morgan fingerprint density at radius 1 is 1.35 bits per heavy atom. The summed E-state index contributed by atoms with van der Waals surface area (Å²) in [4.78, 5) is 4.24. The van der Waals surface area contributed by atoms with Crippen LogP contribution in [0.5, 0.6) is 0 Å². The number of hydrogen-bond acceptors (Lipinski definition) is 3. The summed E-state index contributed by atoms with van der Waals surface area (Å²) in [5.41, 5.74) is 0. The summed E-state index contributed by atoms with van der Waals surface area (Å²) in [7, 11) is 0. The molecule has 20 heavy (non-hydrogen) atoms. The van der Waals surface area contributed by atoms with Crippen LogP contribution in [0.4, 0.5) is 0 Å². The lowest BCUT2D eigenvalue weighted by atomic mass is 10.0. The van der Waals surface area contributed by atoms with Gasteiger partial charge in [0.15, 0.2) is 0 Å². The Kier molecular flexibility index (Phi) is 6.06. The highest BCUT2D eigenvalue weighted by atomic mass is 32.1. The smallest absolute Gasteiger partial charge is 0.0464 e. The molecule has 0 spiro atoms. The van der Waals surface area contributed by atoms with Gasteiger partial charge in [-0.3, -0.25) is 4.90 Å². The molecule has 2 unspecified atom stereocenters. The van der Waals surface area contributed by atoms with Gasteiger partial charge >= 0.3 is 0 Å². The molecule has 1 aromatic heterocycles. The molecule has 1 aliphatic heterocycles. The molecule has 2 heterocycles. The van der Waals surface area contributed by atoms with Crippen molar-refractivity contribution in [3.63, 3.8) is 0 Å². The minimum atomic E-state index is 0.616. The van der Waals surface area contributed by atoms with Crippen molar-refractivity contribution in [2.75, 3.05) is 26.2 Å². The second-order valence-electron chi connectivity index (χ2n) is 6.91. The van der Waals surface area contributed by atoms with Crippen molar-refractivity contribution < 1.29 is 0 Å². The average Bonchev–Trinajstić information content (AvgIpc) is 3.01. The molecule has 0 amide bonds. The molecule has 2 atom stereocenters. The van der Waals surface area contributed by atoms with E-state index in [4.69, 9.17) is 0 Å². The Balaban J connectivity index is 1.87. The first kappa shape index (κ1) is 16.0. The highest BCUT2D eigenvalue weighted by molar-refractivity contribution is 7.10. The van der Waals surface area contributed by atoms with Gasteiger partial charge in [0.1, 0.15) is 0 Å². The maximum atomic E-state index is 3.63. The van der Waals surface area contributed by atoms with Crippen molar-refractivity contribution in [3.8, 4) is 0 Å². The fourth-order valence-corrected chi connectivity index (χ4v) is 4.28. The second-order valence-corrected chi connectivity index (χ2v) is 7.89. The molecule has 0 radical (unpaired) electrons. The summed E-state index contributed by atoms with van der Waals surface area (Å²) in [6, 6.07) is 5.11. The molecular weight excluding hydrogens is 264 g/mol. The highest BCUT2D eigenvalue weighted by Crippen LogP contribution is 2.35. The quantitative estimate of drug-likeness (QED) is 0.817. The molecule has 1 saturated heterocycles. The van der Waals surface area contributed by atoms with Gasteiger partial charge in [0, 0.05) is 17.5 Å². The van der Waals surface area contributed by atoms with Gasteiger partial charge in [-0.1, -0.05) is 33.8 Å². The van der Waals surface area contributed by atoms with Gasteiger partial charge in [-0.15, -0.1) is 11.3 Å². The number of rotatable bonds is 7. The van der Waals surface area contributed by atoms with Crippen LogP contribution in [0, 0.1) is 17.8 Å². The van der Waals surface area contributed by atoms with Gasteiger partial charge in [-0.05, 0) is 55.3 Å². The largest absolute Gasteiger partial charge is 0.316 e. The number of likely N-dealkylation sites (tertiary alicyclic amines) is 1. The lowest BCUT2D eigenvalue weighted by Gasteiger charge is -2.30. The molecule has 114 valence electrons. The number of thiophene rings is 1. The van der Waals surface area contributed by atoms with Crippen molar-refractivity contribution in [1.82, 2.24) is 10.2 Å². The molecule has 1 aromatic rings. The van der Waals surface area contributed by atoms with Gasteiger partial charge in [-0.2, -0.15) is 0 Å². The lowest BCUT2D eigenvalue weighted by molar-refractivity contribution is 0.189. The number of nitrogens with zero attached hydrogens (tertiary/aromatic N) is 1. The number of nitrogens with one attached hydrogen (secondary N) is 1. The maximum Gasteiger partial charge on any atom is 0.0464 e. The summed E-state index contributed by atoms with van der Waals surface area (Å²) in [6.07, 6.45) is 1.35. The standard InChI is InChI=1S/C17H30N2S/c1-13(2)10-18-11-15-7-8-19(12-15)17(14(3)4)16-6-5-9-20-16/h5-6,9,13-15,17-18H,7-8,10-12H2,1-4H3. The van der Waals surface area contributed by atoms with Crippen molar-refractivity contribution >= 4 is 11.3 Å².